The van der Waals surface area contributed by atoms with Gasteiger partial charge in [0.2, 0.25) is 0 Å². The van der Waals surface area contributed by atoms with Crippen molar-refractivity contribution in [1.82, 2.24) is 9.97 Å². The molecule has 0 atom stereocenters. The van der Waals surface area contributed by atoms with Gasteiger partial charge >= 0.3 is 6.09 Å². The Bertz CT molecular complexity index is 849. The molecule has 0 saturated carbocycles. The smallest absolute Gasteiger partial charge is 0.430 e. The summed E-state index contributed by atoms with van der Waals surface area (Å²) >= 11 is 12.7. The Kier molecular flexibility index (Phi) is 5.38. The van der Waals surface area contributed by atoms with Gasteiger partial charge in [-0.2, -0.15) is 0 Å². The fourth-order valence-corrected chi connectivity index (χ4v) is 3.74. The second-order valence-electron chi connectivity index (χ2n) is 5.54. The average Bonchev–Trinajstić information content (AvgIpc) is 2.93. The van der Waals surface area contributed by atoms with E-state index < -0.39 is 21.7 Å². The molecule has 0 bridgehead atoms. The molecular weight excluding hydrogens is 397 g/mol. The minimum atomic E-state index is -4.34. The third kappa shape index (κ3) is 4.15. The van der Waals surface area contributed by atoms with E-state index in [2.05, 4.69) is 9.97 Å². The molecule has 0 radical (unpaired) electrons. The molecule has 1 amide bonds. The summed E-state index contributed by atoms with van der Waals surface area (Å²) in [6.07, 6.45) is -0.0766. The van der Waals surface area contributed by atoms with Gasteiger partial charge in [0.1, 0.15) is 15.6 Å². The van der Waals surface area contributed by atoms with Crippen LogP contribution in [0.2, 0.25) is 10.2 Å². The molecule has 0 aliphatic carbocycles. The number of nitrogens with zero attached hydrogens (tertiary/aromatic N) is 3. The number of halogens is 2. The number of aromatic nitrogens is 2. The van der Waals surface area contributed by atoms with Crippen LogP contribution in [0.1, 0.15) is 20.8 Å². The van der Waals surface area contributed by atoms with E-state index in [1.54, 1.807) is 20.8 Å². The molecule has 24 heavy (non-hydrogen) atoms. The van der Waals surface area contributed by atoms with Gasteiger partial charge in [-0.1, -0.05) is 23.2 Å². The second-order valence-corrected chi connectivity index (χ2v) is 8.81. The highest BCUT2D eigenvalue weighted by molar-refractivity contribution is 7.93. The van der Waals surface area contributed by atoms with Crippen LogP contribution in [0.3, 0.4) is 0 Å². The highest BCUT2D eigenvalue weighted by Gasteiger charge is 2.36. The Morgan fingerprint density at radius 1 is 1.29 bits per heavy atom. The van der Waals surface area contributed by atoms with E-state index in [1.165, 1.54) is 10.9 Å². The summed E-state index contributed by atoms with van der Waals surface area (Å²) in [5.74, 6) is -0.0830. The standard InChI is InChI=1S/C13H13Cl2N3O4S2/c1-13(2,3)22-12(19)18(10-6-23-7-17-10)24(20,21)8-4-9(14)11(15)16-5-8/h4-7H,1-3H3. The largest absolute Gasteiger partial charge is 0.443 e. The number of hydrogen-bond donors (Lipinski definition) is 0. The molecule has 0 saturated heterocycles. The fraction of sp³-hybridized carbons (Fsp3) is 0.308. The van der Waals surface area contributed by atoms with E-state index in [1.807, 2.05) is 0 Å². The van der Waals surface area contributed by atoms with Crippen LogP contribution in [-0.4, -0.2) is 30.1 Å². The maximum atomic E-state index is 12.9. The first-order chi connectivity index (χ1) is 11.0. The summed E-state index contributed by atoms with van der Waals surface area (Å²) in [6.45, 7) is 4.87. The number of thiazole rings is 1. The van der Waals surface area contributed by atoms with Gasteiger partial charge in [0.15, 0.2) is 5.82 Å². The van der Waals surface area contributed by atoms with Crippen molar-refractivity contribution in [1.29, 1.82) is 0 Å². The number of anilines is 1. The molecule has 0 N–H and O–H groups in total. The number of rotatable bonds is 3. The Labute approximate surface area is 153 Å². The highest BCUT2D eigenvalue weighted by atomic mass is 35.5. The van der Waals surface area contributed by atoms with Crippen molar-refractivity contribution in [2.24, 2.45) is 0 Å². The third-order valence-electron chi connectivity index (χ3n) is 2.50. The van der Waals surface area contributed by atoms with Crippen LogP contribution in [0.25, 0.3) is 0 Å². The van der Waals surface area contributed by atoms with Gasteiger partial charge in [-0.3, -0.25) is 0 Å². The van der Waals surface area contributed by atoms with E-state index >= 15 is 0 Å². The van der Waals surface area contributed by atoms with Gasteiger partial charge in [0.05, 0.1) is 10.5 Å². The van der Waals surface area contributed by atoms with Crippen molar-refractivity contribution in [3.8, 4) is 0 Å². The fourth-order valence-electron chi connectivity index (χ4n) is 1.57. The highest BCUT2D eigenvalue weighted by Crippen LogP contribution is 2.28. The van der Waals surface area contributed by atoms with Crippen LogP contribution in [0, 0.1) is 0 Å². The number of amides is 1. The molecule has 0 aliphatic heterocycles. The molecule has 130 valence electrons. The monoisotopic (exact) mass is 409 g/mol. The predicted octanol–water partition coefficient (Wildman–Crippen LogP) is 3.98. The lowest BCUT2D eigenvalue weighted by atomic mass is 10.2. The maximum Gasteiger partial charge on any atom is 0.430 e. The first-order valence-corrected chi connectivity index (χ1v) is 9.64. The zero-order valence-corrected chi connectivity index (χ0v) is 16.0. The summed E-state index contributed by atoms with van der Waals surface area (Å²) < 4.78 is 31.4. The maximum absolute atomic E-state index is 12.9. The number of ether oxygens (including phenoxy) is 1. The minimum absolute atomic E-state index is 0.0481. The van der Waals surface area contributed by atoms with Crippen molar-refractivity contribution in [3.63, 3.8) is 0 Å². The van der Waals surface area contributed by atoms with Gasteiger partial charge in [0.25, 0.3) is 10.0 Å². The Morgan fingerprint density at radius 2 is 1.96 bits per heavy atom. The van der Waals surface area contributed by atoms with Crippen LogP contribution in [0.5, 0.6) is 0 Å². The molecule has 2 rings (SSSR count). The average molecular weight is 410 g/mol. The molecule has 11 heteroatoms. The molecule has 0 spiro atoms. The van der Waals surface area contributed by atoms with Crippen LogP contribution < -0.4 is 4.31 Å². The van der Waals surface area contributed by atoms with Gasteiger partial charge in [-0.15, -0.1) is 15.6 Å². The zero-order chi connectivity index (χ0) is 18.1. The molecule has 7 nitrogen and oxygen atoms in total. The number of sulfonamides is 1. The van der Waals surface area contributed by atoms with E-state index in [0.29, 0.717) is 4.31 Å². The predicted molar refractivity (Wildman–Crippen MR) is 92.3 cm³/mol. The van der Waals surface area contributed by atoms with Crippen molar-refractivity contribution in [3.05, 3.63) is 33.3 Å². The van der Waals surface area contributed by atoms with Crippen molar-refractivity contribution < 1.29 is 17.9 Å². The first-order valence-electron chi connectivity index (χ1n) is 6.50. The SMILES string of the molecule is CC(C)(C)OC(=O)N(c1cscn1)S(=O)(=O)c1cnc(Cl)c(Cl)c1. The number of pyridine rings is 1. The lowest BCUT2D eigenvalue weighted by Crippen LogP contribution is -2.41. The molecular formula is C13H13Cl2N3O4S2. The summed E-state index contributed by atoms with van der Waals surface area (Å²) in [5, 5.41) is 1.31. The van der Waals surface area contributed by atoms with Crippen LogP contribution in [-0.2, 0) is 14.8 Å². The minimum Gasteiger partial charge on any atom is -0.443 e. The third-order valence-corrected chi connectivity index (χ3v) is 5.39. The molecule has 0 aliphatic rings. The van der Waals surface area contributed by atoms with Crippen LogP contribution >= 0.6 is 34.5 Å². The van der Waals surface area contributed by atoms with E-state index in [0.717, 1.165) is 23.6 Å². The van der Waals surface area contributed by atoms with Crippen LogP contribution in [0.4, 0.5) is 10.6 Å². The second kappa shape index (κ2) is 6.83. The summed E-state index contributed by atoms with van der Waals surface area (Å²) in [5.41, 5.74) is 0.506. The first kappa shape index (κ1) is 18.9. The quantitative estimate of drug-likeness (QED) is 0.712. The number of carbonyl (C=O) groups excluding carboxylic acids is 1. The summed E-state index contributed by atoms with van der Waals surface area (Å²) in [7, 11) is -4.34. The van der Waals surface area contributed by atoms with E-state index in [4.69, 9.17) is 27.9 Å². The van der Waals surface area contributed by atoms with Gasteiger partial charge < -0.3 is 4.74 Å². The van der Waals surface area contributed by atoms with Crippen molar-refractivity contribution in [2.45, 2.75) is 31.3 Å². The molecule has 0 unspecified atom stereocenters. The lowest BCUT2D eigenvalue weighted by molar-refractivity contribution is 0.0608. The lowest BCUT2D eigenvalue weighted by Gasteiger charge is -2.25. The normalized spacial score (nSPS) is 12.0. The zero-order valence-electron chi connectivity index (χ0n) is 12.9. The summed E-state index contributed by atoms with van der Waals surface area (Å²) in [6, 6.07) is 1.11. The Balaban J connectivity index is 2.53. The van der Waals surface area contributed by atoms with E-state index in [9.17, 15) is 13.2 Å². The van der Waals surface area contributed by atoms with Crippen molar-refractivity contribution >= 4 is 56.5 Å². The van der Waals surface area contributed by atoms with Gasteiger partial charge in [-0.25, -0.2) is 23.2 Å². The number of carbonyl (C=O) groups is 1. The molecule has 2 aromatic rings. The van der Waals surface area contributed by atoms with E-state index in [-0.39, 0.29) is 20.9 Å². The Morgan fingerprint density at radius 3 is 2.46 bits per heavy atom. The van der Waals surface area contributed by atoms with Gasteiger partial charge in [0, 0.05) is 11.6 Å². The molecule has 0 aromatic carbocycles. The topological polar surface area (TPSA) is 89.5 Å². The molecule has 0 fully saturated rings. The van der Waals surface area contributed by atoms with Crippen molar-refractivity contribution in [2.75, 3.05) is 4.31 Å². The van der Waals surface area contributed by atoms with Crippen LogP contribution in [0.15, 0.2) is 28.0 Å². The number of hydrogen-bond acceptors (Lipinski definition) is 7. The van der Waals surface area contributed by atoms with Gasteiger partial charge in [-0.05, 0) is 26.8 Å². The molecule has 2 heterocycles. The molecule has 2 aromatic heterocycles. The summed E-state index contributed by atoms with van der Waals surface area (Å²) in [4.78, 5) is 19.7. The Hall–Kier alpha value is -1.42.